The third-order valence-corrected chi connectivity index (χ3v) is 4.06. The summed E-state index contributed by atoms with van der Waals surface area (Å²) in [5, 5.41) is 10.3. The van der Waals surface area contributed by atoms with Gasteiger partial charge in [0, 0.05) is 22.1 Å². The zero-order valence-corrected chi connectivity index (χ0v) is 14.9. The van der Waals surface area contributed by atoms with Gasteiger partial charge in [-0.05, 0) is 30.3 Å². The van der Waals surface area contributed by atoms with E-state index in [9.17, 15) is 4.79 Å². The molecule has 4 aromatic rings. The molecule has 0 radical (unpaired) electrons. The van der Waals surface area contributed by atoms with E-state index in [0.29, 0.717) is 28.5 Å². The monoisotopic (exact) mass is 409 g/mol. The van der Waals surface area contributed by atoms with Crippen LogP contribution in [-0.4, -0.2) is 26.1 Å². The molecule has 0 fully saturated rings. The second-order valence-corrected chi connectivity index (χ2v) is 6.35. The van der Waals surface area contributed by atoms with Crippen LogP contribution in [0.15, 0.2) is 65.5 Å². The number of anilines is 1. The largest absolute Gasteiger partial charge is 0.439 e. The van der Waals surface area contributed by atoms with Crippen molar-refractivity contribution in [1.82, 2.24) is 20.2 Å². The number of carbonyl (C=O) groups is 1. The van der Waals surface area contributed by atoms with E-state index in [4.69, 9.17) is 4.74 Å². The molecule has 0 unspecified atom stereocenters. The van der Waals surface area contributed by atoms with Crippen molar-refractivity contribution in [3.8, 4) is 11.6 Å². The summed E-state index contributed by atoms with van der Waals surface area (Å²) in [5.41, 5.74) is 1.66. The Hall–Kier alpha value is -3.26. The van der Waals surface area contributed by atoms with Crippen LogP contribution in [0.25, 0.3) is 11.0 Å². The summed E-state index contributed by atoms with van der Waals surface area (Å²) in [6, 6.07) is 12.5. The van der Waals surface area contributed by atoms with Gasteiger partial charge in [-0.15, -0.1) is 0 Å². The molecule has 26 heavy (non-hydrogen) atoms. The van der Waals surface area contributed by atoms with Gasteiger partial charge in [-0.2, -0.15) is 5.10 Å². The molecule has 0 bridgehead atoms. The van der Waals surface area contributed by atoms with Crippen molar-refractivity contribution in [2.24, 2.45) is 0 Å². The average Bonchev–Trinajstić information content (AvgIpc) is 3.10. The summed E-state index contributed by atoms with van der Waals surface area (Å²) in [7, 11) is 0. The zero-order valence-electron chi connectivity index (χ0n) is 13.3. The molecule has 0 aliphatic rings. The highest BCUT2D eigenvalue weighted by atomic mass is 79.9. The summed E-state index contributed by atoms with van der Waals surface area (Å²) in [6.07, 6.45) is 4.68. The molecule has 128 valence electrons. The first kappa shape index (κ1) is 16.2. The van der Waals surface area contributed by atoms with Gasteiger partial charge >= 0.3 is 0 Å². The Labute approximate surface area is 156 Å². The normalized spacial score (nSPS) is 10.7. The molecular weight excluding hydrogens is 398 g/mol. The first-order valence-electron chi connectivity index (χ1n) is 7.67. The number of H-pyrrole nitrogens is 1. The maximum atomic E-state index is 12.4. The van der Waals surface area contributed by atoms with Crippen LogP contribution in [0.5, 0.6) is 11.6 Å². The lowest BCUT2D eigenvalue weighted by atomic mass is 10.2. The van der Waals surface area contributed by atoms with Crippen molar-refractivity contribution in [1.29, 1.82) is 0 Å². The molecule has 0 saturated carbocycles. The number of nitrogens with one attached hydrogen (secondary N) is 2. The molecule has 0 atom stereocenters. The summed E-state index contributed by atoms with van der Waals surface area (Å²) >= 11 is 3.39. The minimum Gasteiger partial charge on any atom is -0.439 e. The molecule has 3 aromatic heterocycles. The Morgan fingerprint density at radius 3 is 2.81 bits per heavy atom. The molecule has 4 rings (SSSR count). The quantitative estimate of drug-likeness (QED) is 0.527. The zero-order chi connectivity index (χ0) is 17.9. The van der Waals surface area contributed by atoms with Crippen molar-refractivity contribution in [2.45, 2.75) is 0 Å². The van der Waals surface area contributed by atoms with Crippen LogP contribution in [0.2, 0.25) is 0 Å². The Kier molecular flexibility index (Phi) is 4.32. The molecule has 0 saturated heterocycles. The molecule has 0 spiro atoms. The van der Waals surface area contributed by atoms with E-state index >= 15 is 0 Å². The lowest BCUT2D eigenvalue weighted by Gasteiger charge is -2.07. The molecule has 1 amide bonds. The van der Waals surface area contributed by atoms with Gasteiger partial charge in [0.05, 0.1) is 23.6 Å². The Bertz CT molecular complexity index is 1080. The third kappa shape index (κ3) is 3.55. The number of ether oxygens (including phenoxy) is 1. The van der Waals surface area contributed by atoms with Crippen LogP contribution < -0.4 is 10.1 Å². The predicted molar refractivity (Wildman–Crippen MR) is 100 cm³/mol. The Morgan fingerprint density at radius 2 is 2.00 bits per heavy atom. The fourth-order valence-corrected chi connectivity index (χ4v) is 2.71. The van der Waals surface area contributed by atoms with Crippen LogP contribution in [0.1, 0.15) is 10.4 Å². The van der Waals surface area contributed by atoms with Crippen molar-refractivity contribution in [2.75, 3.05) is 5.32 Å². The number of nitrogens with zero attached hydrogens (tertiary/aromatic N) is 3. The lowest BCUT2D eigenvalue weighted by molar-refractivity contribution is 0.102. The number of halogens is 1. The number of aromatic nitrogens is 4. The first-order chi connectivity index (χ1) is 12.7. The summed E-state index contributed by atoms with van der Waals surface area (Å²) in [4.78, 5) is 20.7. The van der Waals surface area contributed by atoms with E-state index in [0.717, 1.165) is 9.86 Å². The van der Waals surface area contributed by atoms with E-state index in [1.54, 1.807) is 30.6 Å². The predicted octanol–water partition coefficient (Wildman–Crippen LogP) is 4.16. The number of hydrogen-bond acceptors (Lipinski definition) is 5. The fraction of sp³-hybridized carbons (Fsp3) is 0. The van der Waals surface area contributed by atoms with Crippen LogP contribution >= 0.6 is 15.9 Å². The summed E-state index contributed by atoms with van der Waals surface area (Å²) in [5.74, 6) is 0.779. The van der Waals surface area contributed by atoms with Gasteiger partial charge in [0.2, 0.25) is 5.88 Å². The SMILES string of the molecule is O=C(Nc1cnc2[nH]ncc2c1)c1ccc(Oc2cccc(Br)c2)nc1. The van der Waals surface area contributed by atoms with Crippen molar-refractivity contribution >= 4 is 38.6 Å². The maximum absolute atomic E-state index is 12.4. The first-order valence-corrected chi connectivity index (χ1v) is 8.47. The number of carbonyl (C=O) groups excluding carboxylic acids is 1. The molecule has 3 heterocycles. The van der Waals surface area contributed by atoms with Gasteiger partial charge in [0.1, 0.15) is 5.75 Å². The molecule has 0 aliphatic carbocycles. The van der Waals surface area contributed by atoms with E-state index in [1.165, 1.54) is 6.20 Å². The highest BCUT2D eigenvalue weighted by Crippen LogP contribution is 2.23. The average molecular weight is 410 g/mol. The third-order valence-electron chi connectivity index (χ3n) is 3.57. The van der Waals surface area contributed by atoms with E-state index in [2.05, 4.69) is 41.4 Å². The molecule has 2 N–H and O–H groups in total. The number of aromatic amines is 1. The van der Waals surface area contributed by atoms with Gasteiger partial charge < -0.3 is 10.1 Å². The lowest BCUT2D eigenvalue weighted by Crippen LogP contribution is -2.12. The molecule has 7 nitrogen and oxygen atoms in total. The van der Waals surface area contributed by atoms with Crippen LogP contribution in [0.3, 0.4) is 0 Å². The number of rotatable bonds is 4. The van der Waals surface area contributed by atoms with Crippen molar-refractivity contribution < 1.29 is 9.53 Å². The van der Waals surface area contributed by atoms with Gasteiger partial charge in [-0.3, -0.25) is 9.89 Å². The maximum Gasteiger partial charge on any atom is 0.257 e. The van der Waals surface area contributed by atoms with Crippen LogP contribution in [0, 0.1) is 0 Å². The molecule has 0 aliphatic heterocycles. The smallest absolute Gasteiger partial charge is 0.257 e. The fourth-order valence-electron chi connectivity index (χ4n) is 2.33. The number of hydrogen-bond donors (Lipinski definition) is 2. The topological polar surface area (TPSA) is 92.8 Å². The van der Waals surface area contributed by atoms with Crippen molar-refractivity contribution in [3.05, 3.63) is 71.1 Å². The summed E-state index contributed by atoms with van der Waals surface area (Å²) < 4.78 is 6.57. The Morgan fingerprint density at radius 1 is 1.08 bits per heavy atom. The molecule has 8 heteroatoms. The number of fused-ring (bicyclic) bond motifs is 1. The summed E-state index contributed by atoms with van der Waals surface area (Å²) in [6.45, 7) is 0. The van der Waals surface area contributed by atoms with Gasteiger partial charge in [0.15, 0.2) is 5.65 Å². The molecular formula is C18H12BrN5O2. The highest BCUT2D eigenvalue weighted by Gasteiger charge is 2.09. The van der Waals surface area contributed by atoms with Crippen molar-refractivity contribution in [3.63, 3.8) is 0 Å². The standard InChI is InChI=1S/C18H12BrN5O2/c19-13-2-1-3-15(7-13)26-16-5-4-11(8-20-16)18(25)23-14-6-12-9-22-24-17(12)21-10-14/h1-10H,(H,23,25)(H,21,22,24). The van der Waals surface area contributed by atoms with Gasteiger partial charge in [0.25, 0.3) is 5.91 Å². The van der Waals surface area contributed by atoms with Crippen LogP contribution in [0.4, 0.5) is 5.69 Å². The van der Waals surface area contributed by atoms with E-state index in [-0.39, 0.29) is 5.91 Å². The van der Waals surface area contributed by atoms with Crippen LogP contribution in [-0.2, 0) is 0 Å². The van der Waals surface area contributed by atoms with E-state index < -0.39 is 0 Å². The van der Waals surface area contributed by atoms with Gasteiger partial charge in [-0.1, -0.05) is 22.0 Å². The second kappa shape index (κ2) is 6.93. The minimum absolute atomic E-state index is 0.281. The van der Waals surface area contributed by atoms with Gasteiger partial charge in [-0.25, -0.2) is 9.97 Å². The Balaban J connectivity index is 1.46. The number of benzene rings is 1. The number of pyridine rings is 2. The highest BCUT2D eigenvalue weighted by molar-refractivity contribution is 9.10. The minimum atomic E-state index is -0.281. The van der Waals surface area contributed by atoms with E-state index in [1.807, 2.05) is 24.3 Å². The second-order valence-electron chi connectivity index (χ2n) is 5.43. The number of amides is 1. The molecule has 1 aromatic carbocycles.